The summed E-state index contributed by atoms with van der Waals surface area (Å²) in [4.78, 5) is 16.5. The lowest BCUT2D eigenvalue weighted by molar-refractivity contribution is 0.0526. The van der Waals surface area contributed by atoms with Gasteiger partial charge in [0, 0.05) is 6.54 Å². The van der Waals surface area contributed by atoms with Crippen LogP contribution in [0.25, 0.3) is 22.1 Å². The molecule has 0 saturated heterocycles. The molecule has 0 spiro atoms. The van der Waals surface area contributed by atoms with Crippen molar-refractivity contribution < 1.29 is 14.6 Å². The zero-order valence-corrected chi connectivity index (χ0v) is 15.3. The van der Waals surface area contributed by atoms with Crippen LogP contribution in [-0.4, -0.2) is 27.2 Å². The third-order valence-corrected chi connectivity index (χ3v) is 4.23. The van der Waals surface area contributed by atoms with Gasteiger partial charge in [0.1, 0.15) is 5.75 Å². The fourth-order valence-corrected chi connectivity index (χ4v) is 3.07. The second kappa shape index (κ2) is 7.62. The molecule has 0 aliphatic heterocycles. The maximum Gasteiger partial charge on any atom is 0.338 e. The number of aromatic nitrogens is 2. The lowest BCUT2D eigenvalue weighted by atomic mass is 10.2. The maximum absolute atomic E-state index is 11.9. The molecular formula is C20H19ClN2O3. The number of phenolic OH excluding ortho intramolecular Hbond substituents is 1. The van der Waals surface area contributed by atoms with E-state index in [0.717, 1.165) is 11.1 Å². The Morgan fingerprint density at radius 2 is 2.08 bits per heavy atom. The molecule has 3 rings (SSSR count). The zero-order valence-electron chi connectivity index (χ0n) is 14.6. The van der Waals surface area contributed by atoms with Crippen LogP contribution in [0.5, 0.6) is 5.75 Å². The van der Waals surface area contributed by atoms with Gasteiger partial charge in [0.15, 0.2) is 5.82 Å². The molecule has 6 heteroatoms. The molecule has 5 nitrogen and oxygen atoms in total. The van der Waals surface area contributed by atoms with Gasteiger partial charge in [0.25, 0.3) is 0 Å². The molecular weight excluding hydrogens is 352 g/mol. The van der Waals surface area contributed by atoms with Gasteiger partial charge in [-0.05, 0) is 55.8 Å². The van der Waals surface area contributed by atoms with E-state index in [1.54, 1.807) is 43.3 Å². The van der Waals surface area contributed by atoms with E-state index in [1.807, 2.05) is 23.6 Å². The van der Waals surface area contributed by atoms with Gasteiger partial charge in [0.05, 0.1) is 28.2 Å². The van der Waals surface area contributed by atoms with E-state index in [1.165, 1.54) is 0 Å². The predicted molar refractivity (Wildman–Crippen MR) is 103 cm³/mol. The zero-order chi connectivity index (χ0) is 18.7. The first-order valence-corrected chi connectivity index (χ1v) is 8.75. The van der Waals surface area contributed by atoms with Crippen LogP contribution in [0, 0.1) is 0 Å². The second-order valence-corrected chi connectivity index (χ2v) is 6.10. The average molecular weight is 371 g/mol. The topological polar surface area (TPSA) is 64.3 Å². The lowest BCUT2D eigenvalue weighted by Gasteiger charge is -2.06. The molecule has 0 atom stereocenters. The number of esters is 1. The van der Waals surface area contributed by atoms with Crippen molar-refractivity contribution in [1.82, 2.24) is 9.55 Å². The van der Waals surface area contributed by atoms with Gasteiger partial charge in [-0.25, -0.2) is 9.78 Å². The second-order valence-electron chi connectivity index (χ2n) is 5.69. The van der Waals surface area contributed by atoms with E-state index in [0.29, 0.717) is 35.1 Å². The van der Waals surface area contributed by atoms with E-state index in [4.69, 9.17) is 16.3 Å². The Morgan fingerprint density at radius 3 is 2.77 bits per heavy atom. The standard InChI is InChI=1S/C20H19ClN2O3/c1-3-23-18-9-8-14(20(25)26-4-2)12-17(18)22-19(23)16(21)11-13-6-5-7-15(24)10-13/h5-12,24H,3-4H2,1-2H3. The van der Waals surface area contributed by atoms with Crippen molar-refractivity contribution in [3.05, 3.63) is 59.4 Å². The molecule has 0 unspecified atom stereocenters. The summed E-state index contributed by atoms with van der Waals surface area (Å²) in [5, 5.41) is 10.1. The van der Waals surface area contributed by atoms with Gasteiger partial charge in [-0.1, -0.05) is 23.7 Å². The molecule has 0 aliphatic carbocycles. The van der Waals surface area contributed by atoms with E-state index < -0.39 is 0 Å². The molecule has 2 aromatic carbocycles. The number of hydrogen-bond donors (Lipinski definition) is 1. The summed E-state index contributed by atoms with van der Waals surface area (Å²) in [5.74, 6) is 0.406. The third-order valence-electron chi connectivity index (χ3n) is 3.95. The fourth-order valence-electron chi connectivity index (χ4n) is 2.80. The number of carbonyl (C=O) groups excluding carboxylic acids is 1. The van der Waals surface area contributed by atoms with Gasteiger partial charge >= 0.3 is 5.97 Å². The van der Waals surface area contributed by atoms with Crippen molar-refractivity contribution in [1.29, 1.82) is 0 Å². The predicted octanol–water partition coefficient (Wildman–Crippen LogP) is 4.68. The van der Waals surface area contributed by atoms with Crippen molar-refractivity contribution in [3.63, 3.8) is 0 Å². The van der Waals surface area contributed by atoms with Crippen molar-refractivity contribution in [2.75, 3.05) is 6.61 Å². The van der Waals surface area contributed by atoms with E-state index in [9.17, 15) is 9.90 Å². The summed E-state index contributed by atoms with van der Waals surface area (Å²) in [7, 11) is 0. The minimum absolute atomic E-state index is 0.172. The number of nitrogens with zero attached hydrogens (tertiary/aromatic N) is 2. The normalized spacial score (nSPS) is 11.7. The number of benzene rings is 2. The average Bonchev–Trinajstić information content (AvgIpc) is 2.99. The smallest absolute Gasteiger partial charge is 0.338 e. The Hall–Kier alpha value is -2.79. The van der Waals surface area contributed by atoms with Crippen LogP contribution < -0.4 is 0 Å². The van der Waals surface area contributed by atoms with Crippen molar-refractivity contribution in [3.8, 4) is 5.75 Å². The summed E-state index contributed by atoms with van der Waals surface area (Å²) >= 11 is 6.51. The Kier molecular flexibility index (Phi) is 5.28. The summed E-state index contributed by atoms with van der Waals surface area (Å²) in [6, 6.07) is 12.1. The van der Waals surface area contributed by atoms with Crippen molar-refractivity contribution in [2.24, 2.45) is 0 Å². The highest BCUT2D eigenvalue weighted by Crippen LogP contribution is 2.27. The first-order chi connectivity index (χ1) is 12.5. The minimum atomic E-state index is -0.372. The van der Waals surface area contributed by atoms with Gasteiger partial charge in [-0.2, -0.15) is 0 Å². The Balaban J connectivity index is 2.06. The van der Waals surface area contributed by atoms with Crippen LogP contribution in [0.3, 0.4) is 0 Å². The monoisotopic (exact) mass is 370 g/mol. The number of aromatic hydroxyl groups is 1. The molecule has 0 aliphatic rings. The number of hydrogen-bond acceptors (Lipinski definition) is 4. The molecule has 1 heterocycles. The first-order valence-electron chi connectivity index (χ1n) is 8.37. The first kappa shape index (κ1) is 18.0. The van der Waals surface area contributed by atoms with Crippen molar-refractivity contribution in [2.45, 2.75) is 20.4 Å². The molecule has 1 N–H and O–H groups in total. The number of fused-ring (bicyclic) bond motifs is 1. The van der Waals surface area contributed by atoms with Crippen molar-refractivity contribution >= 4 is 39.7 Å². The molecule has 0 fully saturated rings. The molecule has 0 radical (unpaired) electrons. The Morgan fingerprint density at radius 1 is 1.27 bits per heavy atom. The van der Waals surface area contributed by atoms with Crippen LogP contribution in [0.4, 0.5) is 0 Å². The maximum atomic E-state index is 11.9. The highest BCUT2D eigenvalue weighted by atomic mass is 35.5. The van der Waals surface area contributed by atoms with Crippen LogP contribution in [0.2, 0.25) is 0 Å². The van der Waals surface area contributed by atoms with Crippen LogP contribution in [-0.2, 0) is 11.3 Å². The molecule has 1 aromatic heterocycles. The summed E-state index contributed by atoms with van der Waals surface area (Å²) < 4.78 is 7.02. The number of halogens is 1. The highest BCUT2D eigenvalue weighted by molar-refractivity contribution is 6.50. The van der Waals surface area contributed by atoms with E-state index in [-0.39, 0.29) is 11.7 Å². The molecule has 134 valence electrons. The fraction of sp³-hybridized carbons (Fsp3) is 0.200. The minimum Gasteiger partial charge on any atom is -0.508 e. The number of rotatable bonds is 5. The SMILES string of the molecule is CCOC(=O)c1ccc2c(c1)nc(C(Cl)=Cc1cccc(O)c1)n2CC. The number of carbonyl (C=O) groups is 1. The Bertz CT molecular complexity index is 992. The van der Waals surface area contributed by atoms with Crippen LogP contribution >= 0.6 is 11.6 Å². The number of phenols is 1. The number of ether oxygens (including phenoxy) is 1. The van der Waals surface area contributed by atoms with Gasteiger partial charge in [-0.15, -0.1) is 0 Å². The quantitative estimate of drug-likeness (QED) is 0.662. The van der Waals surface area contributed by atoms with Gasteiger partial charge < -0.3 is 14.4 Å². The van der Waals surface area contributed by atoms with Gasteiger partial charge in [-0.3, -0.25) is 0 Å². The molecule has 26 heavy (non-hydrogen) atoms. The van der Waals surface area contributed by atoms with E-state index in [2.05, 4.69) is 4.98 Å². The van der Waals surface area contributed by atoms with E-state index >= 15 is 0 Å². The van der Waals surface area contributed by atoms with Crippen LogP contribution in [0.1, 0.15) is 35.6 Å². The number of imidazole rings is 1. The Labute approximate surface area is 156 Å². The molecule has 0 amide bonds. The number of aryl methyl sites for hydroxylation is 1. The third kappa shape index (κ3) is 3.58. The van der Waals surface area contributed by atoms with Crippen LogP contribution in [0.15, 0.2) is 42.5 Å². The largest absolute Gasteiger partial charge is 0.508 e. The summed E-state index contributed by atoms with van der Waals surface area (Å²) in [6.45, 7) is 4.77. The molecule has 0 bridgehead atoms. The molecule has 0 saturated carbocycles. The van der Waals surface area contributed by atoms with Gasteiger partial charge in [0.2, 0.25) is 0 Å². The molecule has 3 aromatic rings. The summed E-state index contributed by atoms with van der Waals surface area (Å²) in [5.41, 5.74) is 2.80. The lowest BCUT2D eigenvalue weighted by Crippen LogP contribution is -2.04. The highest BCUT2D eigenvalue weighted by Gasteiger charge is 2.15. The summed E-state index contributed by atoms with van der Waals surface area (Å²) in [6.07, 6.45) is 1.75.